The number of hydrogen-bond acceptors (Lipinski definition) is 4. The summed E-state index contributed by atoms with van der Waals surface area (Å²) in [4.78, 5) is 15.4. The molecule has 1 rings (SSSR count). The Morgan fingerprint density at radius 1 is 1.57 bits per heavy atom. The van der Waals surface area contributed by atoms with Crippen molar-refractivity contribution in [2.45, 2.75) is 26.8 Å². The van der Waals surface area contributed by atoms with Gasteiger partial charge in [0.05, 0.1) is 6.61 Å². The van der Waals surface area contributed by atoms with Crippen molar-refractivity contribution >= 4 is 5.97 Å². The lowest BCUT2D eigenvalue weighted by molar-refractivity contribution is -0.149. The summed E-state index contributed by atoms with van der Waals surface area (Å²) >= 11 is 0. The average Bonchev–Trinajstić information content (AvgIpc) is 2.57. The van der Waals surface area contributed by atoms with Gasteiger partial charge in [-0.1, -0.05) is 13.8 Å². The van der Waals surface area contributed by atoms with Crippen LogP contribution in [0.3, 0.4) is 0 Å². The molecular weight excluding hydrogens is 182 g/mol. The molecule has 0 radical (unpaired) electrons. The van der Waals surface area contributed by atoms with Gasteiger partial charge in [0.15, 0.2) is 6.04 Å². The highest BCUT2D eigenvalue weighted by atomic mass is 16.5. The third kappa shape index (κ3) is 2.31. The van der Waals surface area contributed by atoms with E-state index in [1.165, 1.54) is 17.3 Å². The molecule has 1 atom stereocenters. The summed E-state index contributed by atoms with van der Waals surface area (Å²) < 4.78 is 6.49. The zero-order valence-electron chi connectivity index (χ0n) is 8.67. The Bertz CT molecular complexity index is 282. The van der Waals surface area contributed by atoms with Crippen LogP contribution in [-0.4, -0.2) is 27.3 Å². The first-order chi connectivity index (χ1) is 6.66. The van der Waals surface area contributed by atoms with E-state index in [2.05, 4.69) is 10.1 Å². The third-order valence-corrected chi connectivity index (χ3v) is 1.88. The van der Waals surface area contributed by atoms with Crippen molar-refractivity contribution in [3.8, 4) is 0 Å². The molecule has 0 bridgehead atoms. The Balaban J connectivity index is 2.80. The number of hydrogen-bond donors (Lipinski definition) is 0. The van der Waals surface area contributed by atoms with E-state index >= 15 is 0 Å². The van der Waals surface area contributed by atoms with Gasteiger partial charge in [-0.3, -0.25) is 0 Å². The second-order valence-electron chi connectivity index (χ2n) is 3.32. The van der Waals surface area contributed by atoms with Gasteiger partial charge in [0.1, 0.15) is 12.7 Å². The molecule has 1 unspecified atom stereocenters. The molecular formula is C9H15N3O2. The zero-order chi connectivity index (χ0) is 10.6. The van der Waals surface area contributed by atoms with E-state index in [1.807, 2.05) is 13.8 Å². The van der Waals surface area contributed by atoms with Gasteiger partial charge >= 0.3 is 5.97 Å². The van der Waals surface area contributed by atoms with Crippen molar-refractivity contribution in [1.29, 1.82) is 0 Å². The smallest absolute Gasteiger partial charge is 0.331 e. The Morgan fingerprint density at radius 2 is 2.29 bits per heavy atom. The van der Waals surface area contributed by atoms with Gasteiger partial charge in [0.2, 0.25) is 0 Å². The first-order valence-electron chi connectivity index (χ1n) is 4.67. The number of nitrogens with zero attached hydrogens (tertiary/aromatic N) is 3. The van der Waals surface area contributed by atoms with E-state index in [0.29, 0.717) is 6.61 Å². The Kier molecular flexibility index (Phi) is 3.62. The van der Waals surface area contributed by atoms with Crippen LogP contribution in [0.4, 0.5) is 0 Å². The summed E-state index contributed by atoms with van der Waals surface area (Å²) in [5.41, 5.74) is 0. The SMILES string of the molecule is CCOC(=O)C(C(C)C)n1cncn1. The molecule has 1 aromatic rings. The standard InChI is InChI=1S/C9H15N3O2/c1-4-14-9(13)8(7(2)3)12-6-10-5-11-12/h5-8H,4H2,1-3H3. The van der Waals surface area contributed by atoms with Gasteiger partial charge < -0.3 is 4.74 Å². The van der Waals surface area contributed by atoms with Gasteiger partial charge in [-0.15, -0.1) is 0 Å². The quantitative estimate of drug-likeness (QED) is 0.677. The van der Waals surface area contributed by atoms with Crippen molar-refractivity contribution in [2.24, 2.45) is 5.92 Å². The second kappa shape index (κ2) is 4.74. The van der Waals surface area contributed by atoms with Gasteiger partial charge in [-0.05, 0) is 12.8 Å². The fourth-order valence-corrected chi connectivity index (χ4v) is 1.27. The van der Waals surface area contributed by atoms with Gasteiger partial charge in [0, 0.05) is 0 Å². The van der Waals surface area contributed by atoms with Gasteiger partial charge in [-0.25, -0.2) is 14.5 Å². The minimum atomic E-state index is -0.377. The number of esters is 1. The fourth-order valence-electron chi connectivity index (χ4n) is 1.27. The summed E-state index contributed by atoms with van der Waals surface area (Å²) in [5.74, 6) is -0.122. The molecule has 0 aliphatic carbocycles. The fraction of sp³-hybridized carbons (Fsp3) is 0.667. The Hall–Kier alpha value is -1.39. The molecule has 5 nitrogen and oxygen atoms in total. The molecule has 1 aromatic heterocycles. The van der Waals surface area contributed by atoms with Crippen molar-refractivity contribution < 1.29 is 9.53 Å². The monoisotopic (exact) mass is 197 g/mol. The molecule has 78 valence electrons. The van der Waals surface area contributed by atoms with Crippen LogP contribution in [0.2, 0.25) is 0 Å². The molecule has 5 heteroatoms. The lowest BCUT2D eigenvalue weighted by Gasteiger charge is -2.18. The minimum Gasteiger partial charge on any atom is -0.464 e. The predicted molar refractivity (Wildman–Crippen MR) is 50.5 cm³/mol. The number of carbonyl (C=O) groups is 1. The van der Waals surface area contributed by atoms with E-state index in [0.717, 1.165) is 0 Å². The van der Waals surface area contributed by atoms with E-state index in [-0.39, 0.29) is 17.9 Å². The predicted octanol–water partition coefficient (Wildman–Crippen LogP) is 1.04. The van der Waals surface area contributed by atoms with Crippen LogP contribution >= 0.6 is 0 Å². The molecule has 0 saturated carbocycles. The van der Waals surface area contributed by atoms with Crippen molar-refractivity contribution in [2.75, 3.05) is 6.61 Å². The molecule has 0 aromatic carbocycles. The summed E-state index contributed by atoms with van der Waals surface area (Å²) in [7, 11) is 0. The number of rotatable bonds is 4. The van der Waals surface area contributed by atoms with Crippen molar-refractivity contribution in [1.82, 2.24) is 14.8 Å². The normalized spacial score (nSPS) is 12.9. The van der Waals surface area contributed by atoms with E-state index in [9.17, 15) is 4.79 Å². The lowest BCUT2D eigenvalue weighted by atomic mass is 10.1. The molecule has 0 aliphatic rings. The van der Waals surface area contributed by atoms with Crippen LogP contribution in [-0.2, 0) is 9.53 Å². The van der Waals surface area contributed by atoms with Crippen LogP contribution in [0, 0.1) is 5.92 Å². The summed E-state index contributed by atoms with van der Waals surface area (Å²) in [5, 5.41) is 3.95. The lowest BCUT2D eigenvalue weighted by Crippen LogP contribution is -2.26. The first-order valence-corrected chi connectivity index (χ1v) is 4.67. The molecule has 0 spiro atoms. The molecule has 0 amide bonds. The zero-order valence-corrected chi connectivity index (χ0v) is 8.67. The van der Waals surface area contributed by atoms with E-state index in [1.54, 1.807) is 6.92 Å². The van der Waals surface area contributed by atoms with Crippen LogP contribution in [0.15, 0.2) is 12.7 Å². The summed E-state index contributed by atoms with van der Waals surface area (Å²) in [6, 6.07) is -0.377. The first kappa shape index (κ1) is 10.7. The maximum absolute atomic E-state index is 11.6. The van der Waals surface area contributed by atoms with Crippen LogP contribution < -0.4 is 0 Å². The van der Waals surface area contributed by atoms with E-state index < -0.39 is 0 Å². The maximum atomic E-state index is 11.6. The molecule has 0 saturated heterocycles. The Labute approximate surface area is 83.1 Å². The molecule has 1 heterocycles. The molecule has 14 heavy (non-hydrogen) atoms. The van der Waals surface area contributed by atoms with Gasteiger partial charge in [-0.2, -0.15) is 5.10 Å². The Morgan fingerprint density at radius 3 is 2.71 bits per heavy atom. The molecule has 0 N–H and O–H groups in total. The average molecular weight is 197 g/mol. The highest BCUT2D eigenvalue weighted by Crippen LogP contribution is 2.17. The van der Waals surface area contributed by atoms with E-state index in [4.69, 9.17) is 4.74 Å². The topological polar surface area (TPSA) is 57.0 Å². The van der Waals surface area contributed by atoms with Crippen molar-refractivity contribution in [3.05, 3.63) is 12.7 Å². The number of aromatic nitrogens is 3. The molecule has 0 aliphatic heterocycles. The van der Waals surface area contributed by atoms with Crippen LogP contribution in [0.5, 0.6) is 0 Å². The molecule has 0 fully saturated rings. The maximum Gasteiger partial charge on any atom is 0.331 e. The largest absolute Gasteiger partial charge is 0.464 e. The minimum absolute atomic E-state index is 0.135. The highest BCUT2D eigenvalue weighted by molar-refractivity contribution is 5.74. The van der Waals surface area contributed by atoms with Gasteiger partial charge in [0.25, 0.3) is 0 Å². The summed E-state index contributed by atoms with van der Waals surface area (Å²) in [6.07, 6.45) is 2.94. The third-order valence-electron chi connectivity index (χ3n) is 1.88. The number of ether oxygens (including phenoxy) is 1. The second-order valence-corrected chi connectivity index (χ2v) is 3.32. The van der Waals surface area contributed by atoms with Crippen molar-refractivity contribution in [3.63, 3.8) is 0 Å². The van der Waals surface area contributed by atoms with Crippen LogP contribution in [0.1, 0.15) is 26.8 Å². The highest BCUT2D eigenvalue weighted by Gasteiger charge is 2.25. The van der Waals surface area contributed by atoms with Crippen LogP contribution in [0.25, 0.3) is 0 Å². The summed E-state index contributed by atoms with van der Waals surface area (Å²) in [6.45, 7) is 6.07. The number of carbonyl (C=O) groups excluding carboxylic acids is 1.